The van der Waals surface area contributed by atoms with Crippen molar-refractivity contribution in [3.63, 3.8) is 0 Å². The van der Waals surface area contributed by atoms with Gasteiger partial charge in [-0.2, -0.15) is 4.98 Å². The maximum Gasteiger partial charge on any atom is 0.224 e. The van der Waals surface area contributed by atoms with Crippen molar-refractivity contribution in [1.29, 1.82) is 0 Å². The summed E-state index contributed by atoms with van der Waals surface area (Å²) in [6.07, 6.45) is 10.4. The van der Waals surface area contributed by atoms with Crippen LogP contribution in [0.1, 0.15) is 63.8 Å². The summed E-state index contributed by atoms with van der Waals surface area (Å²) < 4.78 is 43.9. The highest BCUT2D eigenvalue weighted by molar-refractivity contribution is 5.76. The Morgan fingerprint density at radius 2 is 1.60 bits per heavy atom. The van der Waals surface area contributed by atoms with Gasteiger partial charge in [-0.1, -0.05) is 19.3 Å². The third kappa shape index (κ3) is 7.30. The molecule has 1 saturated heterocycles. The summed E-state index contributed by atoms with van der Waals surface area (Å²) in [7, 11) is 2.07. The molecule has 1 aromatic carbocycles. The Morgan fingerprint density at radius 1 is 0.929 bits per heavy atom. The number of benzene rings is 1. The predicted octanol–water partition coefficient (Wildman–Crippen LogP) is 4.60. The van der Waals surface area contributed by atoms with Gasteiger partial charge in [0.2, 0.25) is 18.3 Å². The number of aliphatic hydroxyl groups excluding tert-OH is 1. The molecular weight excluding hydrogens is 549 g/mol. The lowest BCUT2D eigenvalue weighted by Gasteiger charge is -2.29. The van der Waals surface area contributed by atoms with E-state index in [4.69, 9.17) is 4.98 Å². The molecular formula is C29H39F3N8O2. The van der Waals surface area contributed by atoms with Gasteiger partial charge in [-0.25, -0.2) is 23.1 Å². The Hall–Kier alpha value is -3.45. The highest BCUT2D eigenvalue weighted by atomic mass is 19.1. The number of carbonyl (C=O) groups is 1. The molecule has 0 atom stereocenters. The second-order valence-corrected chi connectivity index (χ2v) is 11.5. The Bertz CT molecular complexity index is 1330. The standard InChI is InChI=1S/C23H27F3N6O.C6H12N2O/c24-13-10-17(25)20(18(26)11-13)30-23-29-19-12-27-22(28-14-4-2-1-3-5-14)31-21(19)32(23)15-6-8-16(33)9-7-15;1-7-2-4-8(6-9)5-3-7/h10-12,14-16,33H,1-9H2,(H,29,30)(H,27,28,31);6H,2-5H2,1H3. The van der Waals surface area contributed by atoms with E-state index >= 15 is 0 Å². The lowest BCUT2D eigenvalue weighted by atomic mass is 9.93. The number of aliphatic hydroxyl groups is 1. The molecule has 3 aromatic rings. The maximum absolute atomic E-state index is 14.4. The summed E-state index contributed by atoms with van der Waals surface area (Å²) in [5.74, 6) is -2.38. The molecule has 3 aliphatic rings. The van der Waals surface area contributed by atoms with E-state index in [9.17, 15) is 23.1 Å². The smallest absolute Gasteiger partial charge is 0.224 e. The second-order valence-electron chi connectivity index (χ2n) is 11.5. The monoisotopic (exact) mass is 588 g/mol. The van der Waals surface area contributed by atoms with Crippen LogP contribution in [0.2, 0.25) is 0 Å². The van der Waals surface area contributed by atoms with Gasteiger partial charge >= 0.3 is 0 Å². The molecule has 2 saturated carbocycles. The predicted molar refractivity (Wildman–Crippen MR) is 154 cm³/mol. The summed E-state index contributed by atoms with van der Waals surface area (Å²) in [5.41, 5.74) is 0.563. The van der Waals surface area contributed by atoms with E-state index in [2.05, 4.69) is 32.5 Å². The van der Waals surface area contributed by atoms with Crippen LogP contribution in [-0.4, -0.2) is 86.2 Å². The Balaban J connectivity index is 0.000000336. The van der Waals surface area contributed by atoms with E-state index < -0.39 is 23.1 Å². The Labute approximate surface area is 243 Å². The zero-order chi connectivity index (χ0) is 29.6. The van der Waals surface area contributed by atoms with Crippen LogP contribution in [-0.2, 0) is 4.79 Å². The van der Waals surface area contributed by atoms with E-state index in [-0.39, 0.29) is 18.1 Å². The van der Waals surface area contributed by atoms with Crippen LogP contribution < -0.4 is 10.6 Å². The number of amides is 1. The van der Waals surface area contributed by atoms with Gasteiger partial charge < -0.3 is 25.5 Å². The van der Waals surface area contributed by atoms with Crippen molar-refractivity contribution < 1.29 is 23.1 Å². The number of likely N-dealkylation sites (N-methyl/N-ethyl adjacent to an activating group) is 1. The van der Waals surface area contributed by atoms with Gasteiger partial charge in [0.25, 0.3) is 0 Å². The average molecular weight is 589 g/mol. The molecule has 13 heteroatoms. The van der Waals surface area contributed by atoms with Crippen molar-refractivity contribution in [1.82, 2.24) is 29.3 Å². The largest absolute Gasteiger partial charge is 0.393 e. The number of hydrogen-bond acceptors (Lipinski definition) is 8. The number of hydrogen-bond donors (Lipinski definition) is 3. The maximum atomic E-state index is 14.4. The minimum absolute atomic E-state index is 0.0649. The number of imidazole rings is 1. The number of nitrogens with zero attached hydrogens (tertiary/aromatic N) is 6. The van der Waals surface area contributed by atoms with E-state index in [1.807, 2.05) is 4.57 Å². The van der Waals surface area contributed by atoms with Gasteiger partial charge in [0.05, 0.1) is 12.3 Å². The fourth-order valence-electron chi connectivity index (χ4n) is 5.84. The van der Waals surface area contributed by atoms with Gasteiger partial charge in [0, 0.05) is 50.4 Å². The molecule has 2 aromatic heterocycles. The van der Waals surface area contributed by atoms with Crippen molar-refractivity contribution in [2.24, 2.45) is 0 Å². The summed E-state index contributed by atoms with van der Waals surface area (Å²) in [4.78, 5) is 27.8. The highest BCUT2D eigenvalue weighted by Crippen LogP contribution is 2.36. The first kappa shape index (κ1) is 30.0. The van der Waals surface area contributed by atoms with Crippen molar-refractivity contribution >= 4 is 35.2 Å². The van der Waals surface area contributed by atoms with Crippen molar-refractivity contribution in [3.05, 3.63) is 35.8 Å². The first-order valence-electron chi connectivity index (χ1n) is 14.8. The number of aromatic nitrogens is 4. The van der Waals surface area contributed by atoms with Crippen molar-refractivity contribution in [2.75, 3.05) is 43.9 Å². The molecule has 3 N–H and O–H groups in total. The van der Waals surface area contributed by atoms with Crippen LogP contribution >= 0.6 is 0 Å². The molecule has 228 valence electrons. The van der Waals surface area contributed by atoms with Gasteiger partial charge in [0.15, 0.2) is 17.3 Å². The lowest BCUT2D eigenvalue weighted by Crippen LogP contribution is -2.43. The zero-order valence-corrected chi connectivity index (χ0v) is 23.9. The highest BCUT2D eigenvalue weighted by Gasteiger charge is 2.27. The van der Waals surface area contributed by atoms with Crippen molar-refractivity contribution in [2.45, 2.75) is 76.0 Å². The molecule has 0 spiro atoms. The van der Waals surface area contributed by atoms with E-state index in [1.54, 1.807) is 11.1 Å². The quantitative estimate of drug-likeness (QED) is 0.359. The number of halogens is 3. The molecule has 42 heavy (non-hydrogen) atoms. The molecule has 0 radical (unpaired) electrons. The third-order valence-electron chi connectivity index (χ3n) is 8.33. The number of carbonyl (C=O) groups excluding carboxylic acids is 1. The molecule has 6 rings (SSSR count). The van der Waals surface area contributed by atoms with Crippen LogP contribution in [0.5, 0.6) is 0 Å². The molecule has 2 aliphatic carbocycles. The molecule has 3 fully saturated rings. The third-order valence-corrected chi connectivity index (χ3v) is 8.33. The fraction of sp³-hybridized carbons (Fsp3) is 0.586. The average Bonchev–Trinajstić information content (AvgIpc) is 3.34. The molecule has 3 heterocycles. The molecule has 1 amide bonds. The summed E-state index contributed by atoms with van der Waals surface area (Å²) in [6.45, 7) is 3.80. The van der Waals surface area contributed by atoms with E-state index in [0.29, 0.717) is 61.0 Å². The first-order valence-corrected chi connectivity index (χ1v) is 14.8. The number of piperazine rings is 1. The lowest BCUT2D eigenvalue weighted by molar-refractivity contribution is -0.119. The van der Waals surface area contributed by atoms with Gasteiger partial charge in [-0.05, 0) is 45.6 Å². The molecule has 1 aliphatic heterocycles. The van der Waals surface area contributed by atoms with Crippen LogP contribution in [0.25, 0.3) is 11.2 Å². The molecule has 10 nitrogen and oxygen atoms in total. The fourth-order valence-corrected chi connectivity index (χ4v) is 5.84. The normalized spacial score (nSPS) is 22.0. The van der Waals surface area contributed by atoms with Gasteiger partial charge in [-0.15, -0.1) is 0 Å². The van der Waals surface area contributed by atoms with Crippen molar-refractivity contribution in [3.8, 4) is 0 Å². The number of anilines is 3. The number of fused-ring (bicyclic) bond motifs is 1. The number of nitrogens with one attached hydrogen (secondary N) is 2. The summed E-state index contributed by atoms with van der Waals surface area (Å²) >= 11 is 0. The van der Waals surface area contributed by atoms with Crippen LogP contribution in [0.4, 0.5) is 30.8 Å². The second kappa shape index (κ2) is 13.7. The minimum atomic E-state index is -1.05. The first-order chi connectivity index (χ1) is 20.3. The van der Waals surface area contributed by atoms with E-state index in [1.165, 1.54) is 19.3 Å². The Morgan fingerprint density at radius 3 is 2.24 bits per heavy atom. The van der Waals surface area contributed by atoms with Gasteiger partial charge in [-0.3, -0.25) is 9.36 Å². The minimum Gasteiger partial charge on any atom is -0.393 e. The van der Waals surface area contributed by atoms with Crippen LogP contribution in [0, 0.1) is 17.5 Å². The van der Waals surface area contributed by atoms with E-state index in [0.717, 1.165) is 45.4 Å². The van der Waals surface area contributed by atoms with Crippen LogP contribution in [0.3, 0.4) is 0 Å². The Kier molecular flexibility index (Phi) is 9.78. The van der Waals surface area contributed by atoms with Crippen LogP contribution in [0.15, 0.2) is 18.3 Å². The summed E-state index contributed by atoms with van der Waals surface area (Å²) in [5, 5.41) is 16.1. The molecule has 0 bridgehead atoms. The zero-order valence-electron chi connectivity index (χ0n) is 23.9. The topological polar surface area (TPSA) is 111 Å². The molecule has 0 unspecified atom stereocenters. The van der Waals surface area contributed by atoms with Gasteiger partial charge in [0.1, 0.15) is 17.0 Å². The number of rotatable bonds is 6. The summed E-state index contributed by atoms with van der Waals surface area (Å²) in [6, 6.07) is 1.50. The SMILES string of the molecule is CN1CCN(C=O)CC1.OC1CCC(n2c(Nc3c(F)cc(F)cc3F)nc3cnc(NC4CCCCC4)nc32)CC1.